The molecule has 0 aliphatic rings. The zero-order valence-electron chi connectivity index (χ0n) is 10.1. The minimum Gasteiger partial charge on any atom is -0.319 e. The standard InChI is InChI=1S/C13H19Cl2N/c1-4-13(5-2,9-16-3)11-7-6-10(14)8-12(11)15/h6-8,16H,4-5,9H2,1-3H3. The summed E-state index contributed by atoms with van der Waals surface area (Å²) in [6.07, 6.45) is 2.12. The number of likely N-dealkylation sites (N-methyl/N-ethyl adjacent to an activating group) is 1. The van der Waals surface area contributed by atoms with E-state index in [1.165, 1.54) is 5.56 Å². The highest BCUT2D eigenvalue weighted by atomic mass is 35.5. The van der Waals surface area contributed by atoms with Crippen LogP contribution in [0.25, 0.3) is 0 Å². The van der Waals surface area contributed by atoms with Crippen LogP contribution in [0.15, 0.2) is 18.2 Å². The molecule has 0 aliphatic heterocycles. The fourth-order valence-corrected chi connectivity index (χ4v) is 2.84. The zero-order chi connectivity index (χ0) is 12.2. The third-order valence-corrected chi connectivity index (χ3v) is 3.92. The number of halogens is 2. The van der Waals surface area contributed by atoms with Gasteiger partial charge in [0, 0.05) is 22.0 Å². The van der Waals surface area contributed by atoms with Crippen LogP contribution < -0.4 is 5.32 Å². The molecule has 1 aromatic rings. The lowest BCUT2D eigenvalue weighted by Gasteiger charge is -2.33. The molecule has 1 rings (SSSR count). The molecule has 0 unspecified atom stereocenters. The zero-order valence-corrected chi connectivity index (χ0v) is 11.6. The second-order valence-corrected chi connectivity index (χ2v) is 4.99. The molecule has 1 nitrogen and oxygen atoms in total. The van der Waals surface area contributed by atoms with Gasteiger partial charge in [-0.2, -0.15) is 0 Å². The van der Waals surface area contributed by atoms with Gasteiger partial charge in [0.05, 0.1) is 0 Å². The molecular weight excluding hydrogens is 241 g/mol. The Kier molecular flexibility index (Phi) is 5.10. The SMILES string of the molecule is CCC(CC)(CNC)c1ccc(Cl)cc1Cl. The molecule has 1 N–H and O–H groups in total. The van der Waals surface area contributed by atoms with Gasteiger partial charge in [0.2, 0.25) is 0 Å². The lowest BCUT2D eigenvalue weighted by atomic mass is 9.76. The first-order valence-corrected chi connectivity index (χ1v) is 6.45. The van der Waals surface area contributed by atoms with Crippen molar-refractivity contribution in [2.45, 2.75) is 32.1 Å². The van der Waals surface area contributed by atoms with Crippen LogP contribution in [0.4, 0.5) is 0 Å². The van der Waals surface area contributed by atoms with E-state index in [9.17, 15) is 0 Å². The summed E-state index contributed by atoms with van der Waals surface area (Å²) >= 11 is 12.2. The van der Waals surface area contributed by atoms with Gasteiger partial charge >= 0.3 is 0 Å². The van der Waals surface area contributed by atoms with Gasteiger partial charge < -0.3 is 5.32 Å². The maximum absolute atomic E-state index is 6.29. The minimum absolute atomic E-state index is 0.108. The van der Waals surface area contributed by atoms with E-state index in [2.05, 4.69) is 25.2 Å². The average Bonchev–Trinajstić information content (AvgIpc) is 2.27. The monoisotopic (exact) mass is 259 g/mol. The Morgan fingerprint density at radius 2 is 1.81 bits per heavy atom. The predicted octanol–water partition coefficient (Wildman–Crippen LogP) is 4.27. The summed E-state index contributed by atoms with van der Waals surface area (Å²) in [5, 5.41) is 4.72. The van der Waals surface area contributed by atoms with Crippen molar-refractivity contribution in [3.05, 3.63) is 33.8 Å². The molecule has 0 aliphatic carbocycles. The second kappa shape index (κ2) is 5.90. The maximum Gasteiger partial charge on any atom is 0.0458 e. The summed E-state index contributed by atoms with van der Waals surface area (Å²) < 4.78 is 0. The molecule has 90 valence electrons. The van der Waals surface area contributed by atoms with Crippen molar-refractivity contribution in [3.63, 3.8) is 0 Å². The van der Waals surface area contributed by atoms with Gasteiger partial charge in [-0.25, -0.2) is 0 Å². The van der Waals surface area contributed by atoms with E-state index in [-0.39, 0.29) is 5.41 Å². The van der Waals surface area contributed by atoms with Gasteiger partial charge in [-0.05, 0) is 37.6 Å². The molecule has 0 amide bonds. The van der Waals surface area contributed by atoms with E-state index in [0.717, 1.165) is 24.4 Å². The normalized spacial score (nSPS) is 11.8. The van der Waals surface area contributed by atoms with E-state index in [0.29, 0.717) is 5.02 Å². The molecular formula is C13H19Cl2N. The summed E-state index contributed by atoms with van der Waals surface area (Å²) in [6.45, 7) is 5.33. The molecule has 0 saturated carbocycles. The summed E-state index contributed by atoms with van der Waals surface area (Å²) in [7, 11) is 1.98. The van der Waals surface area contributed by atoms with Gasteiger partial charge in [0.1, 0.15) is 0 Å². The van der Waals surface area contributed by atoms with Crippen molar-refractivity contribution in [2.24, 2.45) is 0 Å². The molecule has 0 spiro atoms. The first-order chi connectivity index (χ1) is 7.59. The topological polar surface area (TPSA) is 12.0 Å². The lowest BCUT2D eigenvalue weighted by molar-refractivity contribution is 0.381. The fourth-order valence-electron chi connectivity index (χ4n) is 2.23. The van der Waals surface area contributed by atoms with Crippen LogP contribution in [0.5, 0.6) is 0 Å². The van der Waals surface area contributed by atoms with Crippen LogP contribution in [0.1, 0.15) is 32.3 Å². The predicted molar refractivity (Wildman–Crippen MR) is 72.6 cm³/mol. The molecule has 3 heteroatoms. The summed E-state index contributed by atoms with van der Waals surface area (Å²) in [5.41, 5.74) is 1.30. The average molecular weight is 260 g/mol. The summed E-state index contributed by atoms with van der Waals surface area (Å²) in [5.74, 6) is 0. The highest BCUT2D eigenvalue weighted by molar-refractivity contribution is 6.35. The van der Waals surface area contributed by atoms with Crippen LogP contribution in [0.3, 0.4) is 0 Å². The largest absolute Gasteiger partial charge is 0.319 e. The second-order valence-electron chi connectivity index (χ2n) is 4.14. The molecule has 0 fully saturated rings. The van der Waals surface area contributed by atoms with Crippen LogP contribution in [-0.4, -0.2) is 13.6 Å². The number of rotatable bonds is 5. The molecule has 0 atom stereocenters. The van der Waals surface area contributed by atoms with E-state index in [1.807, 2.05) is 19.2 Å². The Hall–Kier alpha value is -0.240. The highest BCUT2D eigenvalue weighted by Gasteiger charge is 2.29. The molecule has 0 radical (unpaired) electrons. The Bertz CT molecular complexity index is 346. The third-order valence-electron chi connectivity index (χ3n) is 3.37. The molecule has 16 heavy (non-hydrogen) atoms. The highest BCUT2D eigenvalue weighted by Crippen LogP contribution is 2.36. The van der Waals surface area contributed by atoms with E-state index >= 15 is 0 Å². The molecule has 0 saturated heterocycles. The van der Waals surface area contributed by atoms with Crippen molar-refractivity contribution in [1.29, 1.82) is 0 Å². The quantitative estimate of drug-likeness (QED) is 0.833. The Balaban J connectivity index is 3.19. The number of benzene rings is 1. The van der Waals surface area contributed by atoms with Gasteiger partial charge in [-0.3, -0.25) is 0 Å². The molecule has 1 aromatic carbocycles. The van der Waals surface area contributed by atoms with Crippen LogP contribution in [-0.2, 0) is 5.41 Å². The Morgan fingerprint density at radius 3 is 2.25 bits per heavy atom. The Morgan fingerprint density at radius 1 is 1.19 bits per heavy atom. The van der Waals surface area contributed by atoms with Gasteiger partial charge in [-0.1, -0.05) is 43.1 Å². The number of hydrogen-bond acceptors (Lipinski definition) is 1. The van der Waals surface area contributed by atoms with Crippen LogP contribution >= 0.6 is 23.2 Å². The first-order valence-electron chi connectivity index (χ1n) is 5.69. The fraction of sp³-hybridized carbons (Fsp3) is 0.538. The smallest absolute Gasteiger partial charge is 0.0458 e. The Labute approximate surface area is 108 Å². The third kappa shape index (κ3) is 2.71. The summed E-state index contributed by atoms with van der Waals surface area (Å²) in [4.78, 5) is 0. The van der Waals surface area contributed by atoms with E-state index < -0.39 is 0 Å². The van der Waals surface area contributed by atoms with Crippen LogP contribution in [0.2, 0.25) is 10.0 Å². The molecule has 0 heterocycles. The van der Waals surface area contributed by atoms with Gasteiger partial charge in [-0.15, -0.1) is 0 Å². The van der Waals surface area contributed by atoms with E-state index in [4.69, 9.17) is 23.2 Å². The molecule has 0 aromatic heterocycles. The number of nitrogens with one attached hydrogen (secondary N) is 1. The van der Waals surface area contributed by atoms with Crippen molar-refractivity contribution in [1.82, 2.24) is 5.32 Å². The van der Waals surface area contributed by atoms with Crippen molar-refractivity contribution < 1.29 is 0 Å². The first kappa shape index (κ1) is 13.8. The lowest BCUT2D eigenvalue weighted by Crippen LogP contribution is -2.36. The summed E-state index contributed by atoms with van der Waals surface area (Å²) in [6, 6.07) is 5.79. The van der Waals surface area contributed by atoms with Gasteiger partial charge in [0.25, 0.3) is 0 Å². The van der Waals surface area contributed by atoms with Crippen molar-refractivity contribution >= 4 is 23.2 Å². The van der Waals surface area contributed by atoms with Crippen molar-refractivity contribution in [2.75, 3.05) is 13.6 Å². The van der Waals surface area contributed by atoms with Crippen LogP contribution in [0, 0.1) is 0 Å². The van der Waals surface area contributed by atoms with Gasteiger partial charge in [0.15, 0.2) is 0 Å². The number of hydrogen-bond donors (Lipinski definition) is 1. The molecule has 0 bridgehead atoms. The maximum atomic E-state index is 6.29. The van der Waals surface area contributed by atoms with Crippen molar-refractivity contribution in [3.8, 4) is 0 Å². The van der Waals surface area contributed by atoms with E-state index in [1.54, 1.807) is 0 Å². The minimum atomic E-state index is 0.108.